The van der Waals surface area contributed by atoms with Gasteiger partial charge < -0.3 is 20.4 Å². The molecule has 6 aromatic rings. The summed E-state index contributed by atoms with van der Waals surface area (Å²) in [7, 11) is 0. The van der Waals surface area contributed by atoms with E-state index in [1.54, 1.807) is 54.0 Å². The van der Waals surface area contributed by atoms with Gasteiger partial charge in [0.05, 0.1) is 0 Å². The van der Waals surface area contributed by atoms with Crippen molar-refractivity contribution < 1.29 is 18.8 Å². The lowest BCUT2D eigenvalue weighted by Crippen LogP contribution is -2.30. The van der Waals surface area contributed by atoms with Crippen LogP contribution in [0.2, 0.25) is 0 Å². The summed E-state index contributed by atoms with van der Waals surface area (Å²) in [5.74, 6) is -0.114. The van der Waals surface area contributed by atoms with E-state index in [-0.39, 0.29) is 11.6 Å². The summed E-state index contributed by atoms with van der Waals surface area (Å²) in [6.45, 7) is 2.01. The van der Waals surface area contributed by atoms with E-state index in [1.807, 2.05) is 85.8 Å². The number of benzene rings is 4. The Morgan fingerprint density at radius 3 is 2.21 bits per heavy atom. The van der Waals surface area contributed by atoms with Gasteiger partial charge in [-0.25, -0.2) is 4.98 Å². The van der Waals surface area contributed by atoms with Gasteiger partial charge in [0.2, 0.25) is 5.91 Å². The molecule has 0 radical (unpaired) electrons. The van der Waals surface area contributed by atoms with Gasteiger partial charge in [-0.15, -0.1) is 23.1 Å². The molecule has 0 bridgehead atoms. The number of nitrogens with zero attached hydrogens (tertiary/aromatic N) is 1. The first-order valence-corrected chi connectivity index (χ1v) is 16.8. The largest absolute Gasteiger partial charge is 0.457 e. The molecule has 3 amide bonds. The van der Waals surface area contributed by atoms with Crippen LogP contribution in [0.4, 0.5) is 10.8 Å². The lowest BCUT2D eigenvalue weighted by Gasteiger charge is -2.16. The number of hydrogen-bond donors (Lipinski definition) is 3. The van der Waals surface area contributed by atoms with Crippen molar-refractivity contribution in [1.82, 2.24) is 10.3 Å². The number of furan rings is 1. The third-order valence-electron chi connectivity index (χ3n) is 7.15. The van der Waals surface area contributed by atoms with Gasteiger partial charge in [0, 0.05) is 39.4 Å². The fourth-order valence-electron chi connectivity index (χ4n) is 4.70. The van der Waals surface area contributed by atoms with E-state index < -0.39 is 17.1 Å². The summed E-state index contributed by atoms with van der Waals surface area (Å²) in [6, 6.07) is 36.8. The summed E-state index contributed by atoms with van der Waals surface area (Å²) in [5.41, 5.74) is 3.80. The Kier molecular flexibility index (Phi) is 10.2. The summed E-state index contributed by atoms with van der Waals surface area (Å²) in [4.78, 5) is 44.9. The summed E-state index contributed by atoms with van der Waals surface area (Å²) < 4.78 is 6.02. The maximum Gasteiger partial charge on any atom is 0.272 e. The van der Waals surface area contributed by atoms with E-state index in [9.17, 15) is 14.4 Å². The SMILES string of the molecule is Cc1ccc(-c2ccc(/C=C(\NC(=O)c3ccccc3)C(=O)Nc3ccc(S[C@H](C(=O)Nc4nccs4)c4ccccc4)cc3)o2)cc1. The monoisotopic (exact) mass is 670 g/mol. The van der Waals surface area contributed by atoms with Crippen LogP contribution >= 0.6 is 23.1 Å². The number of aryl methyl sites for hydroxylation is 1. The highest BCUT2D eigenvalue weighted by Crippen LogP contribution is 2.37. The van der Waals surface area contributed by atoms with Crippen molar-refractivity contribution in [3.8, 4) is 11.3 Å². The topological polar surface area (TPSA) is 113 Å². The van der Waals surface area contributed by atoms with Crippen LogP contribution < -0.4 is 16.0 Å². The standard InChI is InChI=1S/C38H30N4O4S2/c1-25-12-14-26(15-13-25)33-21-18-30(46-33)24-32(41-35(43)28-10-6-3-7-11-28)36(44)40-29-16-19-31(20-17-29)48-34(27-8-4-2-5-9-27)37(45)42-38-39-22-23-47-38/h2-24,34H,1H3,(H,40,44)(H,41,43)(H,39,42,45)/b32-24-/t34-/m0/s1. The number of amides is 3. The molecule has 0 saturated carbocycles. The molecule has 8 nitrogen and oxygen atoms in total. The zero-order valence-electron chi connectivity index (χ0n) is 25.8. The van der Waals surface area contributed by atoms with Crippen LogP contribution in [0.1, 0.15) is 32.5 Å². The number of carbonyl (C=O) groups is 3. The van der Waals surface area contributed by atoms with Crippen LogP contribution in [0, 0.1) is 6.92 Å². The average molecular weight is 671 g/mol. The molecule has 0 spiro atoms. The first-order chi connectivity index (χ1) is 23.4. The minimum Gasteiger partial charge on any atom is -0.457 e. The number of carbonyl (C=O) groups excluding carboxylic acids is 3. The van der Waals surface area contributed by atoms with Crippen LogP contribution in [-0.4, -0.2) is 22.7 Å². The number of hydrogen-bond acceptors (Lipinski definition) is 7. The number of nitrogens with one attached hydrogen (secondary N) is 3. The van der Waals surface area contributed by atoms with Crippen molar-refractivity contribution in [2.24, 2.45) is 0 Å². The van der Waals surface area contributed by atoms with E-state index >= 15 is 0 Å². The highest BCUT2D eigenvalue weighted by molar-refractivity contribution is 8.00. The Morgan fingerprint density at radius 2 is 1.52 bits per heavy atom. The van der Waals surface area contributed by atoms with Crippen LogP contribution in [-0.2, 0) is 9.59 Å². The first-order valence-electron chi connectivity index (χ1n) is 15.0. The van der Waals surface area contributed by atoms with Crippen molar-refractivity contribution in [1.29, 1.82) is 0 Å². The molecule has 1 atom stereocenters. The van der Waals surface area contributed by atoms with Crippen LogP contribution in [0.3, 0.4) is 0 Å². The van der Waals surface area contributed by atoms with Gasteiger partial charge in [0.1, 0.15) is 22.5 Å². The fourth-order valence-corrected chi connectivity index (χ4v) is 6.25. The van der Waals surface area contributed by atoms with Crippen molar-refractivity contribution in [2.45, 2.75) is 17.1 Å². The zero-order chi connectivity index (χ0) is 33.3. The van der Waals surface area contributed by atoms with Gasteiger partial charge in [-0.2, -0.15) is 0 Å². The van der Waals surface area contributed by atoms with Gasteiger partial charge in [-0.1, -0.05) is 78.4 Å². The molecule has 48 heavy (non-hydrogen) atoms. The number of thioether (sulfide) groups is 1. The van der Waals surface area contributed by atoms with Gasteiger partial charge in [0.25, 0.3) is 11.8 Å². The Labute approximate surface area is 285 Å². The zero-order valence-corrected chi connectivity index (χ0v) is 27.4. The van der Waals surface area contributed by atoms with Gasteiger partial charge >= 0.3 is 0 Å². The number of rotatable bonds is 11. The third-order valence-corrected chi connectivity index (χ3v) is 9.10. The molecule has 0 aliphatic carbocycles. The molecule has 2 aromatic heterocycles. The molecule has 2 heterocycles. The predicted octanol–water partition coefficient (Wildman–Crippen LogP) is 8.59. The van der Waals surface area contributed by atoms with Crippen molar-refractivity contribution in [3.63, 3.8) is 0 Å². The second kappa shape index (κ2) is 15.3. The van der Waals surface area contributed by atoms with E-state index in [0.717, 1.165) is 21.6 Å². The van der Waals surface area contributed by atoms with Crippen molar-refractivity contribution >= 4 is 57.7 Å². The number of thiazole rings is 1. The van der Waals surface area contributed by atoms with Gasteiger partial charge in [-0.3, -0.25) is 14.4 Å². The second-order valence-corrected chi connectivity index (χ2v) is 12.7. The van der Waals surface area contributed by atoms with Crippen LogP contribution in [0.25, 0.3) is 17.4 Å². The predicted molar refractivity (Wildman–Crippen MR) is 192 cm³/mol. The highest BCUT2D eigenvalue weighted by atomic mass is 32.2. The normalized spacial score (nSPS) is 11.8. The summed E-state index contributed by atoms with van der Waals surface area (Å²) in [5, 5.41) is 10.3. The third kappa shape index (κ3) is 8.35. The maximum atomic E-state index is 13.6. The Balaban J connectivity index is 1.20. The average Bonchev–Trinajstić information content (AvgIpc) is 3.81. The minimum atomic E-state index is -0.531. The lowest BCUT2D eigenvalue weighted by atomic mass is 10.1. The Hall–Kier alpha value is -5.71. The van der Waals surface area contributed by atoms with Gasteiger partial charge in [-0.05, 0) is 61.0 Å². The van der Waals surface area contributed by atoms with E-state index in [2.05, 4.69) is 20.9 Å². The molecular formula is C38H30N4O4S2. The summed E-state index contributed by atoms with van der Waals surface area (Å²) in [6.07, 6.45) is 3.15. The number of aromatic nitrogens is 1. The van der Waals surface area contributed by atoms with E-state index in [1.165, 1.54) is 29.2 Å². The number of anilines is 2. The highest BCUT2D eigenvalue weighted by Gasteiger charge is 2.23. The molecule has 10 heteroatoms. The molecular weight excluding hydrogens is 641 g/mol. The Bertz CT molecular complexity index is 2020. The Morgan fingerprint density at radius 1 is 0.812 bits per heavy atom. The molecule has 0 aliphatic rings. The smallest absolute Gasteiger partial charge is 0.272 e. The fraction of sp³-hybridized carbons (Fsp3) is 0.0526. The lowest BCUT2D eigenvalue weighted by molar-refractivity contribution is -0.116. The molecule has 3 N–H and O–H groups in total. The van der Waals surface area contributed by atoms with Crippen LogP contribution in [0.5, 0.6) is 0 Å². The van der Waals surface area contributed by atoms with E-state index in [4.69, 9.17) is 4.42 Å². The molecule has 238 valence electrons. The molecule has 0 aliphatic heterocycles. The van der Waals surface area contributed by atoms with E-state index in [0.29, 0.717) is 27.9 Å². The van der Waals surface area contributed by atoms with Gasteiger partial charge in [0.15, 0.2) is 5.13 Å². The molecule has 0 fully saturated rings. The van der Waals surface area contributed by atoms with Crippen molar-refractivity contribution in [2.75, 3.05) is 10.6 Å². The second-order valence-electron chi connectivity index (χ2n) is 10.7. The van der Waals surface area contributed by atoms with Crippen molar-refractivity contribution in [3.05, 3.63) is 161 Å². The minimum absolute atomic E-state index is 0.00936. The molecule has 0 saturated heterocycles. The maximum absolute atomic E-state index is 13.6. The molecule has 6 rings (SSSR count). The van der Waals surface area contributed by atoms with Crippen LogP contribution in [0.15, 0.2) is 148 Å². The first kappa shape index (κ1) is 32.2. The molecule has 0 unspecified atom stereocenters. The summed E-state index contributed by atoms with van der Waals surface area (Å²) >= 11 is 2.74. The molecule has 4 aromatic carbocycles. The quantitative estimate of drug-likeness (QED) is 0.0940.